The molecular formula is C26H31N3O4S. The predicted molar refractivity (Wildman–Crippen MR) is 134 cm³/mol. The van der Waals surface area contributed by atoms with Gasteiger partial charge in [-0.15, -0.1) is 0 Å². The number of nitrogens with zero attached hydrogens (tertiary/aromatic N) is 1. The number of fused-ring (bicyclic) bond motifs is 1. The minimum absolute atomic E-state index is 0.0189. The maximum atomic E-state index is 13.5. The van der Waals surface area contributed by atoms with E-state index in [4.69, 9.17) is 0 Å². The van der Waals surface area contributed by atoms with Crippen molar-refractivity contribution in [3.05, 3.63) is 75.6 Å². The van der Waals surface area contributed by atoms with E-state index in [1.165, 1.54) is 23.8 Å². The minimum atomic E-state index is -3.71. The zero-order valence-corrected chi connectivity index (χ0v) is 20.5. The highest BCUT2D eigenvalue weighted by atomic mass is 32.2. The SMILES string of the molecule is CC[C@@H]1CCCCN1S(=O)(=O)c1ccc2[nH]c(=O)cc(C(=O)NCCc3ccc(C)cc3)c2c1. The highest BCUT2D eigenvalue weighted by Gasteiger charge is 2.32. The topological polar surface area (TPSA) is 99.3 Å². The fourth-order valence-corrected chi connectivity index (χ4v) is 6.38. The molecule has 2 heterocycles. The van der Waals surface area contributed by atoms with Crippen LogP contribution in [-0.4, -0.2) is 42.7 Å². The zero-order valence-electron chi connectivity index (χ0n) is 19.6. The first kappa shape index (κ1) is 24.2. The predicted octanol–water partition coefficient (Wildman–Crippen LogP) is 3.76. The molecule has 0 aliphatic carbocycles. The van der Waals surface area contributed by atoms with E-state index in [-0.39, 0.29) is 16.5 Å². The molecule has 2 aromatic carbocycles. The largest absolute Gasteiger partial charge is 0.352 e. The highest BCUT2D eigenvalue weighted by Crippen LogP contribution is 2.29. The maximum Gasteiger partial charge on any atom is 0.252 e. The van der Waals surface area contributed by atoms with Crippen LogP contribution in [0.1, 0.15) is 54.1 Å². The average Bonchev–Trinajstić information content (AvgIpc) is 2.84. The summed E-state index contributed by atoms with van der Waals surface area (Å²) in [5.74, 6) is -0.401. The first-order chi connectivity index (χ1) is 16.3. The van der Waals surface area contributed by atoms with Crippen molar-refractivity contribution in [3.8, 4) is 0 Å². The number of pyridine rings is 1. The van der Waals surface area contributed by atoms with Crippen molar-refractivity contribution in [1.82, 2.24) is 14.6 Å². The number of aromatic nitrogens is 1. The van der Waals surface area contributed by atoms with Gasteiger partial charge in [0.25, 0.3) is 5.91 Å². The van der Waals surface area contributed by atoms with E-state index >= 15 is 0 Å². The molecule has 0 spiro atoms. The first-order valence-corrected chi connectivity index (χ1v) is 13.3. The second-order valence-electron chi connectivity index (χ2n) is 8.92. The van der Waals surface area contributed by atoms with Crippen molar-refractivity contribution < 1.29 is 13.2 Å². The maximum absolute atomic E-state index is 13.5. The number of sulfonamides is 1. The standard InChI is InChI=1S/C26H31N3O4S/c1-3-20-6-4-5-15-29(20)34(32,33)21-11-12-24-22(16-21)23(17-25(30)28-24)26(31)27-14-13-19-9-7-18(2)8-10-19/h7-12,16-17,20H,3-6,13-15H2,1-2H3,(H,27,31)(H,28,30)/t20-/m1/s1. The second-order valence-corrected chi connectivity index (χ2v) is 10.8. The van der Waals surface area contributed by atoms with Crippen molar-refractivity contribution in [2.75, 3.05) is 13.1 Å². The van der Waals surface area contributed by atoms with Gasteiger partial charge in [-0.2, -0.15) is 4.31 Å². The van der Waals surface area contributed by atoms with Gasteiger partial charge in [-0.05, 0) is 56.4 Å². The fourth-order valence-electron chi connectivity index (χ4n) is 4.59. The van der Waals surface area contributed by atoms with Crippen LogP contribution in [-0.2, 0) is 16.4 Å². The summed E-state index contributed by atoms with van der Waals surface area (Å²) in [6.07, 6.45) is 4.13. The number of benzene rings is 2. The molecule has 0 unspecified atom stereocenters. The van der Waals surface area contributed by atoms with Gasteiger partial charge in [0, 0.05) is 36.1 Å². The third kappa shape index (κ3) is 5.08. The van der Waals surface area contributed by atoms with Crippen LogP contribution in [0.3, 0.4) is 0 Å². The van der Waals surface area contributed by atoms with E-state index in [1.807, 2.05) is 38.1 Å². The van der Waals surface area contributed by atoms with Crippen LogP contribution in [0.2, 0.25) is 0 Å². The Hall–Kier alpha value is -2.97. The Morgan fingerprint density at radius 1 is 1.12 bits per heavy atom. The van der Waals surface area contributed by atoms with Crippen LogP contribution in [0.4, 0.5) is 0 Å². The summed E-state index contributed by atoms with van der Waals surface area (Å²) in [4.78, 5) is 28.0. The molecule has 2 N–H and O–H groups in total. The molecule has 1 aliphatic rings. The van der Waals surface area contributed by atoms with E-state index in [0.717, 1.165) is 31.2 Å². The van der Waals surface area contributed by atoms with E-state index in [1.54, 1.807) is 10.4 Å². The van der Waals surface area contributed by atoms with Crippen LogP contribution >= 0.6 is 0 Å². The molecule has 1 aliphatic heterocycles. The van der Waals surface area contributed by atoms with Crippen LogP contribution in [0, 0.1) is 6.92 Å². The molecule has 4 rings (SSSR count). The summed E-state index contributed by atoms with van der Waals surface area (Å²) in [5, 5.41) is 3.28. The van der Waals surface area contributed by atoms with Crippen LogP contribution < -0.4 is 10.9 Å². The van der Waals surface area contributed by atoms with Gasteiger partial charge in [0.2, 0.25) is 15.6 Å². The Labute approximate surface area is 200 Å². The second kappa shape index (κ2) is 10.1. The molecular weight excluding hydrogens is 450 g/mol. The van der Waals surface area contributed by atoms with E-state index in [9.17, 15) is 18.0 Å². The number of hydrogen-bond acceptors (Lipinski definition) is 4. The summed E-state index contributed by atoms with van der Waals surface area (Å²) in [6, 6.07) is 13.9. The van der Waals surface area contributed by atoms with E-state index in [0.29, 0.717) is 30.4 Å². The lowest BCUT2D eigenvalue weighted by atomic mass is 10.0. The monoisotopic (exact) mass is 481 g/mol. The van der Waals surface area contributed by atoms with Gasteiger partial charge < -0.3 is 10.3 Å². The molecule has 1 aromatic heterocycles. The Morgan fingerprint density at radius 3 is 2.62 bits per heavy atom. The molecule has 8 heteroatoms. The lowest BCUT2D eigenvalue weighted by Crippen LogP contribution is -2.43. The minimum Gasteiger partial charge on any atom is -0.352 e. The average molecular weight is 482 g/mol. The number of amides is 1. The number of aromatic amines is 1. The molecule has 34 heavy (non-hydrogen) atoms. The molecule has 7 nitrogen and oxygen atoms in total. The van der Waals surface area contributed by atoms with Gasteiger partial charge in [0.05, 0.1) is 10.5 Å². The molecule has 0 saturated carbocycles. The van der Waals surface area contributed by atoms with Crippen molar-refractivity contribution >= 4 is 26.8 Å². The molecule has 180 valence electrons. The molecule has 1 amide bonds. The molecule has 0 radical (unpaired) electrons. The van der Waals surface area contributed by atoms with Crippen molar-refractivity contribution in [2.45, 2.75) is 56.9 Å². The van der Waals surface area contributed by atoms with Crippen LogP contribution in [0.25, 0.3) is 10.9 Å². The molecule has 0 bridgehead atoms. The number of carbonyl (C=O) groups excluding carboxylic acids is 1. The molecule has 3 aromatic rings. The van der Waals surface area contributed by atoms with Gasteiger partial charge in [0.15, 0.2) is 0 Å². The van der Waals surface area contributed by atoms with Crippen molar-refractivity contribution in [3.63, 3.8) is 0 Å². The number of hydrogen-bond donors (Lipinski definition) is 2. The summed E-state index contributed by atoms with van der Waals surface area (Å²) in [7, 11) is -3.71. The smallest absolute Gasteiger partial charge is 0.252 e. The summed E-state index contributed by atoms with van der Waals surface area (Å²) in [6.45, 7) is 4.92. The number of piperidine rings is 1. The lowest BCUT2D eigenvalue weighted by Gasteiger charge is -2.34. The Kier molecular flexibility index (Phi) is 7.19. The van der Waals surface area contributed by atoms with Crippen LogP contribution in [0.5, 0.6) is 0 Å². The van der Waals surface area contributed by atoms with Gasteiger partial charge in [-0.25, -0.2) is 8.42 Å². The van der Waals surface area contributed by atoms with Crippen molar-refractivity contribution in [1.29, 1.82) is 0 Å². The Bertz CT molecular complexity index is 1350. The lowest BCUT2D eigenvalue weighted by molar-refractivity contribution is 0.0955. The number of rotatable bonds is 7. The summed E-state index contributed by atoms with van der Waals surface area (Å²) >= 11 is 0. The van der Waals surface area contributed by atoms with Gasteiger partial charge in [-0.3, -0.25) is 9.59 Å². The molecule has 1 atom stereocenters. The number of nitrogens with one attached hydrogen (secondary N) is 2. The quantitative estimate of drug-likeness (QED) is 0.537. The van der Waals surface area contributed by atoms with Gasteiger partial charge in [-0.1, -0.05) is 43.2 Å². The first-order valence-electron chi connectivity index (χ1n) is 11.8. The molecule has 1 fully saturated rings. The Morgan fingerprint density at radius 2 is 1.88 bits per heavy atom. The number of carbonyl (C=O) groups is 1. The van der Waals surface area contributed by atoms with Gasteiger partial charge in [0.1, 0.15) is 0 Å². The summed E-state index contributed by atoms with van der Waals surface area (Å²) < 4.78 is 28.5. The number of aryl methyl sites for hydroxylation is 1. The van der Waals surface area contributed by atoms with Crippen LogP contribution in [0.15, 0.2) is 58.2 Å². The number of H-pyrrole nitrogens is 1. The highest BCUT2D eigenvalue weighted by molar-refractivity contribution is 7.89. The zero-order chi connectivity index (χ0) is 24.3. The van der Waals surface area contributed by atoms with Gasteiger partial charge >= 0.3 is 0 Å². The third-order valence-corrected chi connectivity index (χ3v) is 8.48. The fraction of sp³-hybridized carbons (Fsp3) is 0.385. The molecule has 1 saturated heterocycles. The third-order valence-electron chi connectivity index (χ3n) is 6.53. The normalized spacial score (nSPS) is 17.1. The Balaban J connectivity index is 1.62. The summed E-state index contributed by atoms with van der Waals surface area (Å²) in [5.41, 5.74) is 2.46. The van der Waals surface area contributed by atoms with Crippen molar-refractivity contribution in [2.24, 2.45) is 0 Å². The van der Waals surface area contributed by atoms with E-state index < -0.39 is 21.5 Å². The van der Waals surface area contributed by atoms with E-state index in [2.05, 4.69) is 10.3 Å².